The third kappa shape index (κ3) is 2.60. The van der Waals surface area contributed by atoms with Crippen LogP contribution in [0.1, 0.15) is 5.56 Å². The Labute approximate surface area is 106 Å². The fraction of sp³-hybridized carbons (Fsp3) is 0.0909. The Morgan fingerprint density at radius 3 is 2.65 bits per heavy atom. The van der Waals surface area contributed by atoms with Crippen LogP contribution in [0.5, 0.6) is 0 Å². The maximum absolute atomic E-state index is 11.5. The van der Waals surface area contributed by atoms with E-state index in [1.807, 2.05) is 0 Å². The van der Waals surface area contributed by atoms with Crippen molar-refractivity contribution in [3.63, 3.8) is 0 Å². The minimum absolute atomic E-state index is 0.259. The fourth-order valence-corrected chi connectivity index (χ4v) is 1.80. The van der Waals surface area contributed by atoms with Crippen LogP contribution in [0.15, 0.2) is 40.1 Å². The van der Waals surface area contributed by atoms with Crippen molar-refractivity contribution in [2.75, 3.05) is 0 Å². The predicted molar refractivity (Wildman–Crippen MR) is 66.9 cm³/mol. The zero-order chi connectivity index (χ0) is 12.4. The van der Waals surface area contributed by atoms with E-state index in [1.165, 1.54) is 16.8 Å². The Bertz CT molecular complexity index is 661. The van der Waals surface area contributed by atoms with Gasteiger partial charge in [0.2, 0.25) is 0 Å². The van der Waals surface area contributed by atoms with Gasteiger partial charge in [0, 0.05) is 12.3 Å². The van der Waals surface area contributed by atoms with E-state index in [2.05, 4.69) is 4.98 Å². The van der Waals surface area contributed by atoms with Crippen molar-refractivity contribution in [1.82, 2.24) is 9.55 Å². The number of rotatable bonds is 2. The van der Waals surface area contributed by atoms with E-state index in [0.717, 1.165) is 0 Å². The molecule has 0 radical (unpaired) electrons. The molecule has 17 heavy (non-hydrogen) atoms. The normalized spacial score (nSPS) is 10.5. The van der Waals surface area contributed by atoms with Gasteiger partial charge in [-0.3, -0.25) is 14.3 Å². The first kappa shape index (κ1) is 12.0. The van der Waals surface area contributed by atoms with Crippen LogP contribution in [-0.2, 0) is 6.54 Å². The number of hydrogen-bond acceptors (Lipinski definition) is 2. The lowest BCUT2D eigenvalue weighted by atomic mass is 10.2. The van der Waals surface area contributed by atoms with E-state index < -0.39 is 11.2 Å². The molecule has 88 valence electrons. The summed E-state index contributed by atoms with van der Waals surface area (Å²) in [6.45, 7) is 0.259. The highest BCUT2D eigenvalue weighted by Crippen LogP contribution is 2.25. The van der Waals surface area contributed by atoms with E-state index in [4.69, 9.17) is 23.2 Å². The van der Waals surface area contributed by atoms with Gasteiger partial charge in [0.05, 0.1) is 16.6 Å². The lowest BCUT2D eigenvalue weighted by Crippen LogP contribution is -2.28. The molecular formula is C11H8Cl2N2O2. The molecule has 0 unspecified atom stereocenters. The van der Waals surface area contributed by atoms with Crippen molar-refractivity contribution in [2.45, 2.75) is 6.54 Å². The molecule has 0 bridgehead atoms. The predicted octanol–water partition coefficient (Wildman–Crippen LogP) is 1.89. The zero-order valence-corrected chi connectivity index (χ0v) is 10.1. The highest BCUT2D eigenvalue weighted by Gasteiger charge is 2.05. The molecule has 4 nitrogen and oxygen atoms in total. The third-order valence-electron chi connectivity index (χ3n) is 2.27. The molecule has 0 atom stereocenters. The Kier molecular flexibility index (Phi) is 3.36. The Balaban J connectivity index is 2.42. The van der Waals surface area contributed by atoms with E-state index in [9.17, 15) is 9.59 Å². The van der Waals surface area contributed by atoms with E-state index in [-0.39, 0.29) is 6.54 Å². The Morgan fingerprint density at radius 2 is 1.94 bits per heavy atom. The van der Waals surface area contributed by atoms with Crippen LogP contribution in [0, 0.1) is 0 Å². The second kappa shape index (κ2) is 4.77. The second-order valence-electron chi connectivity index (χ2n) is 3.45. The smallest absolute Gasteiger partial charge is 0.296 e. The monoisotopic (exact) mass is 270 g/mol. The van der Waals surface area contributed by atoms with Crippen molar-refractivity contribution in [1.29, 1.82) is 0 Å². The molecule has 2 aromatic rings. The zero-order valence-electron chi connectivity index (χ0n) is 8.61. The maximum Gasteiger partial charge on any atom is 0.328 e. The lowest BCUT2D eigenvalue weighted by molar-refractivity contribution is 0.720. The molecule has 0 saturated heterocycles. The van der Waals surface area contributed by atoms with Crippen LogP contribution < -0.4 is 11.2 Å². The Morgan fingerprint density at radius 1 is 1.18 bits per heavy atom. The summed E-state index contributed by atoms with van der Waals surface area (Å²) in [6, 6.07) is 6.47. The minimum Gasteiger partial charge on any atom is -0.296 e. The third-order valence-corrected chi connectivity index (χ3v) is 3.13. The van der Waals surface area contributed by atoms with Gasteiger partial charge < -0.3 is 0 Å². The average Bonchev–Trinajstić information content (AvgIpc) is 2.28. The van der Waals surface area contributed by atoms with Gasteiger partial charge in [-0.05, 0) is 11.6 Å². The summed E-state index contributed by atoms with van der Waals surface area (Å²) in [6.07, 6.45) is 1.42. The summed E-state index contributed by atoms with van der Waals surface area (Å²) >= 11 is 11.9. The fourth-order valence-electron chi connectivity index (χ4n) is 1.42. The topological polar surface area (TPSA) is 54.9 Å². The van der Waals surface area contributed by atoms with Gasteiger partial charge in [-0.15, -0.1) is 0 Å². The van der Waals surface area contributed by atoms with Crippen molar-refractivity contribution >= 4 is 23.2 Å². The van der Waals surface area contributed by atoms with Crippen LogP contribution in [-0.4, -0.2) is 9.55 Å². The molecule has 1 heterocycles. The van der Waals surface area contributed by atoms with Gasteiger partial charge in [-0.2, -0.15) is 0 Å². The van der Waals surface area contributed by atoms with Gasteiger partial charge in [-0.1, -0.05) is 35.3 Å². The summed E-state index contributed by atoms with van der Waals surface area (Å²) in [5, 5.41) is 0.842. The van der Waals surface area contributed by atoms with Crippen LogP contribution in [0.25, 0.3) is 0 Å². The molecule has 0 aliphatic carbocycles. The number of aromatic amines is 1. The van der Waals surface area contributed by atoms with Crippen LogP contribution in [0.2, 0.25) is 10.0 Å². The average molecular weight is 271 g/mol. The number of H-pyrrole nitrogens is 1. The maximum atomic E-state index is 11.5. The lowest BCUT2D eigenvalue weighted by Gasteiger charge is -2.07. The number of halogens is 2. The van der Waals surface area contributed by atoms with Gasteiger partial charge in [-0.25, -0.2) is 4.79 Å². The van der Waals surface area contributed by atoms with Crippen molar-refractivity contribution in [2.24, 2.45) is 0 Å². The van der Waals surface area contributed by atoms with Crippen molar-refractivity contribution in [3.05, 3.63) is 66.9 Å². The quantitative estimate of drug-likeness (QED) is 0.906. The van der Waals surface area contributed by atoms with Gasteiger partial charge in [0.25, 0.3) is 5.56 Å². The van der Waals surface area contributed by atoms with E-state index >= 15 is 0 Å². The summed E-state index contributed by atoms with van der Waals surface area (Å²) in [5.41, 5.74) is -0.190. The molecule has 0 aliphatic heterocycles. The number of benzene rings is 1. The molecule has 6 heteroatoms. The molecule has 0 saturated carbocycles. The highest BCUT2D eigenvalue weighted by molar-refractivity contribution is 6.42. The summed E-state index contributed by atoms with van der Waals surface area (Å²) in [7, 11) is 0. The molecular weight excluding hydrogens is 263 g/mol. The SMILES string of the molecule is O=c1ccn(Cc2cccc(Cl)c2Cl)c(=O)[nH]1. The van der Waals surface area contributed by atoms with Crippen molar-refractivity contribution < 1.29 is 0 Å². The molecule has 0 amide bonds. The van der Waals surface area contributed by atoms with Gasteiger partial charge >= 0.3 is 5.69 Å². The van der Waals surface area contributed by atoms with Gasteiger partial charge in [0.15, 0.2) is 0 Å². The summed E-state index contributed by atoms with van der Waals surface area (Å²) in [4.78, 5) is 24.5. The molecule has 1 aromatic heterocycles. The van der Waals surface area contributed by atoms with Crippen LogP contribution >= 0.6 is 23.2 Å². The standard InChI is InChI=1S/C11H8Cl2N2O2/c12-8-3-1-2-7(10(8)13)6-15-5-4-9(16)14-11(15)17/h1-5H,6H2,(H,14,16,17). The van der Waals surface area contributed by atoms with Crippen LogP contribution in [0.4, 0.5) is 0 Å². The highest BCUT2D eigenvalue weighted by atomic mass is 35.5. The van der Waals surface area contributed by atoms with Crippen LogP contribution in [0.3, 0.4) is 0 Å². The Hall–Kier alpha value is -1.52. The first-order chi connectivity index (χ1) is 8.08. The minimum atomic E-state index is -0.478. The number of aromatic nitrogens is 2. The largest absolute Gasteiger partial charge is 0.328 e. The molecule has 0 spiro atoms. The number of nitrogens with one attached hydrogen (secondary N) is 1. The van der Waals surface area contributed by atoms with Crippen molar-refractivity contribution in [3.8, 4) is 0 Å². The van der Waals surface area contributed by atoms with E-state index in [0.29, 0.717) is 15.6 Å². The molecule has 0 aliphatic rings. The molecule has 1 N–H and O–H groups in total. The summed E-state index contributed by atoms with van der Waals surface area (Å²) < 4.78 is 1.35. The molecule has 2 rings (SSSR count). The first-order valence-corrected chi connectivity index (χ1v) is 5.56. The number of nitrogens with zero attached hydrogens (tertiary/aromatic N) is 1. The summed E-state index contributed by atoms with van der Waals surface area (Å²) in [5.74, 6) is 0. The first-order valence-electron chi connectivity index (χ1n) is 4.80. The van der Waals surface area contributed by atoms with E-state index in [1.54, 1.807) is 18.2 Å². The second-order valence-corrected chi connectivity index (χ2v) is 4.24. The van der Waals surface area contributed by atoms with Gasteiger partial charge in [0.1, 0.15) is 0 Å². The molecule has 0 fully saturated rings. The number of hydrogen-bond donors (Lipinski definition) is 1. The molecule has 1 aromatic carbocycles.